The molecule has 1 aromatic carbocycles. The Morgan fingerprint density at radius 3 is 2.56 bits per heavy atom. The van der Waals surface area contributed by atoms with Gasteiger partial charge in [0.25, 0.3) is 5.91 Å². The van der Waals surface area contributed by atoms with Gasteiger partial charge in [-0.25, -0.2) is 0 Å². The van der Waals surface area contributed by atoms with E-state index in [0.717, 1.165) is 0 Å². The largest absolute Gasteiger partial charge is 0.490 e. The lowest BCUT2D eigenvalue weighted by molar-refractivity contribution is -0.117. The molecule has 0 aliphatic carbocycles. The molecule has 2 aromatic rings. The minimum Gasteiger partial charge on any atom is -0.490 e. The second kappa shape index (κ2) is 10.3. The van der Waals surface area contributed by atoms with Gasteiger partial charge in [0.05, 0.1) is 25.5 Å². The number of nitrogens with zero attached hydrogens (tertiary/aromatic N) is 2. The first-order chi connectivity index (χ1) is 13.1. The van der Waals surface area contributed by atoms with E-state index in [0.29, 0.717) is 40.4 Å². The standard InChI is InChI=1S/C20H20BrN3O3/c1-3-26-18-10-14(17(21)11-19(18)27-4-2)9-15(12-22)20(25)24-13-16-7-5-6-8-23-16/h5-11H,3-4,13H2,1-2H3,(H,24,25)/b15-9+. The molecular weight excluding hydrogens is 410 g/mol. The average molecular weight is 430 g/mol. The van der Waals surface area contributed by atoms with Crippen LogP contribution in [-0.4, -0.2) is 24.1 Å². The summed E-state index contributed by atoms with van der Waals surface area (Å²) >= 11 is 3.45. The Morgan fingerprint density at radius 2 is 1.96 bits per heavy atom. The molecule has 0 radical (unpaired) electrons. The number of hydrogen-bond donors (Lipinski definition) is 1. The van der Waals surface area contributed by atoms with Crippen LogP contribution in [0.2, 0.25) is 0 Å². The highest BCUT2D eigenvalue weighted by molar-refractivity contribution is 9.10. The van der Waals surface area contributed by atoms with Crippen LogP contribution in [0.4, 0.5) is 0 Å². The molecule has 0 spiro atoms. The summed E-state index contributed by atoms with van der Waals surface area (Å²) in [5.74, 6) is 0.684. The van der Waals surface area contributed by atoms with E-state index in [-0.39, 0.29) is 12.1 Å². The summed E-state index contributed by atoms with van der Waals surface area (Å²) in [5.41, 5.74) is 1.34. The van der Waals surface area contributed by atoms with Gasteiger partial charge in [-0.3, -0.25) is 9.78 Å². The number of nitrogens with one attached hydrogen (secondary N) is 1. The van der Waals surface area contributed by atoms with Crippen molar-refractivity contribution in [3.8, 4) is 17.6 Å². The molecule has 1 amide bonds. The minimum atomic E-state index is -0.470. The zero-order valence-corrected chi connectivity index (χ0v) is 16.7. The molecule has 7 heteroatoms. The van der Waals surface area contributed by atoms with Crippen molar-refractivity contribution in [3.05, 3.63) is 57.8 Å². The van der Waals surface area contributed by atoms with E-state index in [4.69, 9.17) is 9.47 Å². The third-order valence-corrected chi connectivity index (χ3v) is 4.17. The second-order valence-electron chi connectivity index (χ2n) is 5.36. The number of hydrogen-bond acceptors (Lipinski definition) is 5. The Kier molecular flexibility index (Phi) is 7.83. The number of ether oxygens (including phenoxy) is 2. The molecule has 0 bridgehead atoms. The first-order valence-electron chi connectivity index (χ1n) is 8.48. The number of halogens is 1. The van der Waals surface area contributed by atoms with Crippen LogP contribution in [0.15, 0.2) is 46.6 Å². The van der Waals surface area contributed by atoms with E-state index in [1.54, 1.807) is 30.5 Å². The van der Waals surface area contributed by atoms with Crippen molar-refractivity contribution in [3.63, 3.8) is 0 Å². The van der Waals surface area contributed by atoms with E-state index in [9.17, 15) is 10.1 Å². The summed E-state index contributed by atoms with van der Waals surface area (Å²) in [4.78, 5) is 16.5. The SMILES string of the molecule is CCOc1cc(Br)c(/C=C(\C#N)C(=O)NCc2ccccn2)cc1OCC. The summed E-state index contributed by atoms with van der Waals surface area (Å²) in [6.45, 7) is 4.98. The van der Waals surface area contributed by atoms with Crippen LogP contribution in [0.25, 0.3) is 6.08 Å². The molecule has 0 fully saturated rings. The second-order valence-corrected chi connectivity index (χ2v) is 6.21. The Morgan fingerprint density at radius 1 is 1.26 bits per heavy atom. The molecule has 0 atom stereocenters. The molecule has 0 saturated heterocycles. The van der Waals surface area contributed by atoms with Gasteiger partial charge in [0.15, 0.2) is 11.5 Å². The first kappa shape index (κ1) is 20.5. The van der Waals surface area contributed by atoms with E-state index >= 15 is 0 Å². The third-order valence-electron chi connectivity index (χ3n) is 3.48. The maximum Gasteiger partial charge on any atom is 0.262 e. The Balaban J connectivity index is 2.24. The predicted molar refractivity (Wildman–Crippen MR) is 106 cm³/mol. The molecular formula is C20H20BrN3O3. The van der Waals surface area contributed by atoms with Crippen LogP contribution in [0.1, 0.15) is 25.1 Å². The topological polar surface area (TPSA) is 84.2 Å². The van der Waals surface area contributed by atoms with E-state index in [2.05, 4.69) is 26.2 Å². The average Bonchev–Trinajstić information content (AvgIpc) is 2.68. The van der Waals surface area contributed by atoms with Crippen LogP contribution in [-0.2, 0) is 11.3 Å². The Bertz CT molecular complexity index is 861. The number of carbonyl (C=O) groups is 1. The fraction of sp³-hybridized carbons (Fsp3) is 0.250. The van der Waals surface area contributed by atoms with Crippen molar-refractivity contribution >= 4 is 27.9 Å². The maximum atomic E-state index is 12.3. The highest BCUT2D eigenvalue weighted by Crippen LogP contribution is 2.35. The molecule has 0 unspecified atom stereocenters. The fourth-order valence-corrected chi connectivity index (χ4v) is 2.71. The normalized spacial score (nSPS) is 10.8. The number of rotatable bonds is 8. The molecule has 1 heterocycles. The van der Waals surface area contributed by atoms with Gasteiger partial charge >= 0.3 is 0 Å². The lowest BCUT2D eigenvalue weighted by Crippen LogP contribution is -2.24. The van der Waals surface area contributed by atoms with Crippen molar-refractivity contribution in [1.82, 2.24) is 10.3 Å². The highest BCUT2D eigenvalue weighted by atomic mass is 79.9. The van der Waals surface area contributed by atoms with Crippen molar-refractivity contribution in [1.29, 1.82) is 5.26 Å². The molecule has 1 N–H and O–H groups in total. The number of amides is 1. The summed E-state index contributed by atoms with van der Waals surface area (Å²) in [5, 5.41) is 12.1. The van der Waals surface area contributed by atoms with Gasteiger partial charge in [-0.1, -0.05) is 22.0 Å². The smallest absolute Gasteiger partial charge is 0.262 e. The molecule has 0 aliphatic rings. The fourth-order valence-electron chi connectivity index (χ4n) is 2.27. The summed E-state index contributed by atoms with van der Waals surface area (Å²) in [6.07, 6.45) is 3.16. The van der Waals surface area contributed by atoms with Crippen molar-refractivity contribution in [2.45, 2.75) is 20.4 Å². The van der Waals surface area contributed by atoms with Crippen LogP contribution < -0.4 is 14.8 Å². The van der Waals surface area contributed by atoms with Gasteiger partial charge in [-0.15, -0.1) is 0 Å². The molecule has 2 rings (SSSR count). The Labute approximate surface area is 167 Å². The number of benzene rings is 1. The minimum absolute atomic E-state index is 0.0155. The van der Waals surface area contributed by atoms with Crippen LogP contribution in [0.3, 0.4) is 0 Å². The van der Waals surface area contributed by atoms with Crippen LogP contribution >= 0.6 is 15.9 Å². The lowest BCUT2D eigenvalue weighted by Gasteiger charge is -2.13. The van der Waals surface area contributed by atoms with Gasteiger partial charge in [0.2, 0.25) is 0 Å². The van der Waals surface area contributed by atoms with Gasteiger partial charge in [0, 0.05) is 10.7 Å². The molecule has 0 saturated carbocycles. The van der Waals surface area contributed by atoms with Crippen molar-refractivity contribution in [2.24, 2.45) is 0 Å². The number of nitriles is 1. The third kappa shape index (κ3) is 5.83. The maximum absolute atomic E-state index is 12.3. The zero-order valence-electron chi connectivity index (χ0n) is 15.2. The number of aromatic nitrogens is 1. The summed E-state index contributed by atoms with van der Waals surface area (Å²) in [7, 11) is 0. The molecule has 6 nitrogen and oxygen atoms in total. The monoisotopic (exact) mass is 429 g/mol. The van der Waals surface area contributed by atoms with Crippen LogP contribution in [0.5, 0.6) is 11.5 Å². The molecule has 0 aliphatic heterocycles. The molecule has 140 valence electrons. The summed E-state index contributed by atoms with van der Waals surface area (Å²) in [6, 6.07) is 10.9. The highest BCUT2D eigenvalue weighted by Gasteiger charge is 2.13. The van der Waals surface area contributed by atoms with Gasteiger partial charge in [-0.2, -0.15) is 5.26 Å². The van der Waals surface area contributed by atoms with E-state index in [1.165, 1.54) is 6.08 Å². The van der Waals surface area contributed by atoms with Crippen molar-refractivity contribution in [2.75, 3.05) is 13.2 Å². The lowest BCUT2D eigenvalue weighted by atomic mass is 10.1. The van der Waals surface area contributed by atoms with Gasteiger partial charge < -0.3 is 14.8 Å². The summed E-state index contributed by atoms with van der Waals surface area (Å²) < 4.78 is 11.9. The zero-order chi connectivity index (χ0) is 19.6. The quantitative estimate of drug-likeness (QED) is 0.508. The van der Waals surface area contributed by atoms with Gasteiger partial charge in [0.1, 0.15) is 11.6 Å². The Hall–Kier alpha value is -2.85. The van der Waals surface area contributed by atoms with Crippen molar-refractivity contribution < 1.29 is 14.3 Å². The first-order valence-corrected chi connectivity index (χ1v) is 9.27. The van der Waals surface area contributed by atoms with Crippen LogP contribution in [0, 0.1) is 11.3 Å². The number of pyridine rings is 1. The molecule has 1 aromatic heterocycles. The number of carbonyl (C=O) groups excluding carboxylic acids is 1. The molecule has 27 heavy (non-hydrogen) atoms. The predicted octanol–water partition coefficient (Wildman–Crippen LogP) is 3.86. The van der Waals surface area contributed by atoms with Gasteiger partial charge in [-0.05, 0) is 49.8 Å². The van der Waals surface area contributed by atoms with E-state index in [1.807, 2.05) is 26.0 Å². The van der Waals surface area contributed by atoms with E-state index < -0.39 is 5.91 Å².